The van der Waals surface area contributed by atoms with Gasteiger partial charge in [-0.25, -0.2) is 4.39 Å². The fourth-order valence-electron chi connectivity index (χ4n) is 3.11. The zero-order valence-corrected chi connectivity index (χ0v) is 17.7. The van der Waals surface area contributed by atoms with E-state index >= 15 is 0 Å². The van der Waals surface area contributed by atoms with Gasteiger partial charge in [0.1, 0.15) is 11.4 Å². The van der Waals surface area contributed by atoms with Gasteiger partial charge in [0.2, 0.25) is 0 Å². The molecule has 3 rings (SSSR count). The van der Waals surface area contributed by atoms with E-state index in [0.717, 1.165) is 37.3 Å². The van der Waals surface area contributed by atoms with Crippen LogP contribution in [-0.2, 0) is 6.18 Å². The van der Waals surface area contributed by atoms with Crippen molar-refractivity contribution in [3.63, 3.8) is 0 Å². The average molecular weight is 503 g/mol. The number of aliphatic hydroxyl groups excluding tert-OH is 1. The summed E-state index contributed by atoms with van der Waals surface area (Å²) in [4.78, 5) is 25.6. The SMILES string of the molecule is C[C@H](O)[C@H](NC(=O)c1cc(-c2ccc(C(F)(F)F)cc2)nn(-c2cccc(F)c2)c1=O)C(F)(F)F. The summed E-state index contributed by atoms with van der Waals surface area (Å²) >= 11 is 0. The molecule has 0 aliphatic rings. The summed E-state index contributed by atoms with van der Waals surface area (Å²) in [7, 11) is 0. The number of amides is 1. The van der Waals surface area contributed by atoms with Crippen LogP contribution in [0.5, 0.6) is 0 Å². The first-order valence-corrected chi connectivity index (χ1v) is 9.82. The molecule has 0 aliphatic carbocycles. The van der Waals surface area contributed by atoms with E-state index in [1.54, 1.807) is 0 Å². The van der Waals surface area contributed by atoms with Crippen LogP contribution in [0.3, 0.4) is 0 Å². The maximum Gasteiger partial charge on any atom is 0.416 e. The number of benzene rings is 2. The quantitative estimate of drug-likeness (QED) is 0.514. The molecule has 35 heavy (non-hydrogen) atoms. The van der Waals surface area contributed by atoms with Gasteiger partial charge in [-0.15, -0.1) is 0 Å². The molecule has 0 radical (unpaired) electrons. The zero-order chi connectivity index (χ0) is 26.1. The number of nitrogens with zero attached hydrogens (tertiary/aromatic N) is 2. The first-order valence-electron chi connectivity index (χ1n) is 9.82. The van der Waals surface area contributed by atoms with Gasteiger partial charge in [0, 0.05) is 5.56 Å². The van der Waals surface area contributed by atoms with Crippen LogP contribution < -0.4 is 10.9 Å². The molecule has 6 nitrogen and oxygen atoms in total. The highest BCUT2D eigenvalue weighted by Gasteiger charge is 2.44. The molecule has 0 unspecified atom stereocenters. The molecule has 13 heteroatoms. The van der Waals surface area contributed by atoms with E-state index < -0.39 is 52.9 Å². The number of carbonyl (C=O) groups excluding carboxylic acids is 1. The van der Waals surface area contributed by atoms with Crippen LogP contribution in [0.1, 0.15) is 22.8 Å². The molecule has 1 heterocycles. The van der Waals surface area contributed by atoms with Crippen LogP contribution in [0.4, 0.5) is 30.7 Å². The first kappa shape index (κ1) is 25.9. The lowest BCUT2D eigenvalue weighted by Gasteiger charge is -2.24. The van der Waals surface area contributed by atoms with Crippen LogP contribution in [-0.4, -0.2) is 39.1 Å². The van der Waals surface area contributed by atoms with Crippen LogP contribution >= 0.6 is 0 Å². The van der Waals surface area contributed by atoms with Gasteiger partial charge >= 0.3 is 12.4 Å². The monoisotopic (exact) mass is 503 g/mol. The predicted molar refractivity (Wildman–Crippen MR) is 109 cm³/mol. The minimum atomic E-state index is -5.06. The minimum Gasteiger partial charge on any atom is -0.391 e. The van der Waals surface area contributed by atoms with Crippen molar-refractivity contribution >= 4 is 5.91 Å². The molecule has 0 aliphatic heterocycles. The standard InChI is InChI=1S/C22H16F7N3O3/c1-11(33)18(22(27,28)29)30-19(34)16-10-17(12-5-7-13(8-6-12)21(24,25)26)31-32(20(16)35)15-4-2-3-14(23)9-15/h2-11,18,33H,1H3,(H,30,34)/t11-,18-/m0/s1. The fraction of sp³-hybridized carbons (Fsp3) is 0.227. The van der Waals surface area contributed by atoms with Crippen LogP contribution in [0.25, 0.3) is 16.9 Å². The third-order valence-electron chi connectivity index (χ3n) is 4.84. The van der Waals surface area contributed by atoms with E-state index in [4.69, 9.17) is 0 Å². The number of alkyl halides is 6. The lowest BCUT2D eigenvalue weighted by Crippen LogP contribution is -2.52. The molecule has 1 aromatic heterocycles. The largest absolute Gasteiger partial charge is 0.416 e. The van der Waals surface area contributed by atoms with Crippen molar-refractivity contribution in [3.05, 3.63) is 81.9 Å². The molecular formula is C22H16F7N3O3. The van der Waals surface area contributed by atoms with Crippen molar-refractivity contribution in [2.75, 3.05) is 0 Å². The molecule has 0 saturated carbocycles. The minimum absolute atomic E-state index is 0.0138. The third kappa shape index (κ3) is 5.85. The lowest BCUT2D eigenvalue weighted by molar-refractivity contribution is -0.172. The second-order valence-electron chi connectivity index (χ2n) is 7.45. The van der Waals surface area contributed by atoms with Crippen LogP contribution in [0, 0.1) is 5.82 Å². The van der Waals surface area contributed by atoms with Crippen molar-refractivity contribution in [2.24, 2.45) is 0 Å². The number of rotatable bonds is 5. The Kier molecular flexibility index (Phi) is 7.01. The van der Waals surface area contributed by atoms with E-state index in [2.05, 4.69) is 5.10 Å². The number of aliphatic hydroxyl groups is 1. The van der Waals surface area contributed by atoms with Gasteiger partial charge in [0.25, 0.3) is 11.5 Å². The van der Waals surface area contributed by atoms with Gasteiger partial charge in [-0.3, -0.25) is 9.59 Å². The number of hydrogen-bond donors (Lipinski definition) is 2. The smallest absolute Gasteiger partial charge is 0.391 e. The van der Waals surface area contributed by atoms with Gasteiger partial charge < -0.3 is 10.4 Å². The van der Waals surface area contributed by atoms with E-state index in [9.17, 15) is 45.4 Å². The number of aromatic nitrogens is 2. The maximum atomic E-state index is 13.7. The van der Waals surface area contributed by atoms with Crippen LogP contribution in [0.2, 0.25) is 0 Å². The number of hydrogen-bond acceptors (Lipinski definition) is 4. The van der Waals surface area contributed by atoms with Crippen molar-refractivity contribution in [2.45, 2.75) is 31.4 Å². The van der Waals surface area contributed by atoms with E-state index in [-0.39, 0.29) is 16.9 Å². The average Bonchev–Trinajstić information content (AvgIpc) is 2.76. The van der Waals surface area contributed by atoms with Crippen molar-refractivity contribution < 1.29 is 40.6 Å². The molecule has 1 amide bonds. The summed E-state index contributed by atoms with van der Waals surface area (Å²) < 4.78 is 92.6. The second kappa shape index (κ2) is 9.49. The number of nitrogens with one attached hydrogen (secondary N) is 1. The van der Waals surface area contributed by atoms with Crippen molar-refractivity contribution in [3.8, 4) is 16.9 Å². The molecule has 2 atom stereocenters. The Morgan fingerprint density at radius 2 is 1.66 bits per heavy atom. The maximum absolute atomic E-state index is 13.7. The summed E-state index contributed by atoms with van der Waals surface area (Å²) in [6, 6.07) is 5.80. The summed E-state index contributed by atoms with van der Waals surface area (Å²) in [5.41, 5.74) is -3.55. The highest BCUT2D eigenvalue weighted by Crippen LogP contribution is 2.31. The Labute approximate surface area is 192 Å². The molecular weight excluding hydrogens is 487 g/mol. The second-order valence-corrected chi connectivity index (χ2v) is 7.45. The molecule has 2 aromatic carbocycles. The summed E-state index contributed by atoms with van der Waals surface area (Å²) in [6.45, 7) is 0.781. The Morgan fingerprint density at radius 1 is 1.03 bits per heavy atom. The summed E-state index contributed by atoms with van der Waals surface area (Å²) in [6.07, 6.45) is -11.8. The van der Waals surface area contributed by atoms with Gasteiger partial charge in [-0.05, 0) is 43.3 Å². The van der Waals surface area contributed by atoms with E-state index in [0.29, 0.717) is 16.8 Å². The summed E-state index contributed by atoms with van der Waals surface area (Å²) in [5, 5.41) is 14.9. The number of carbonyl (C=O) groups is 1. The summed E-state index contributed by atoms with van der Waals surface area (Å²) in [5.74, 6) is -2.33. The topological polar surface area (TPSA) is 84.2 Å². The van der Waals surface area contributed by atoms with Gasteiger partial charge in [0.05, 0.1) is 23.0 Å². The predicted octanol–water partition coefficient (Wildman–Crippen LogP) is 4.10. The Morgan fingerprint density at radius 3 is 2.17 bits per heavy atom. The molecule has 0 spiro atoms. The molecule has 0 saturated heterocycles. The highest BCUT2D eigenvalue weighted by atomic mass is 19.4. The van der Waals surface area contributed by atoms with E-state index in [1.807, 2.05) is 0 Å². The third-order valence-corrected chi connectivity index (χ3v) is 4.84. The Hall–Kier alpha value is -3.74. The molecule has 186 valence electrons. The van der Waals surface area contributed by atoms with Gasteiger partial charge in [-0.2, -0.15) is 36.1 Å². The van der Waals surface area contributed by atoms with E-state index in [1.165, 1.54) is 17.4 Å². The normalized spacial score (nSPS) is 13.9. The lowest BCUT2D eigenvalue weighted by atomic mass is 10.1. The Balaban J connectivity index is 2.17. The molecule has 2 N–H and O–H groups in total. The van der Waals surface area contributed by atoms with Crippen LogP contribution in [0.15, 0.2) is 59.4 Å². The van der Waals surface area contributed by atoms with Crippen molar-refractivity contribution in [1.82, 2.24) is 15.1 Å². The van der Waals surface area contributed by atoms with Crippen molar-refractivity contribution in [1.29, 1.82) is 0 Å². The van der Waals surface area contributed by atoms with Gasteiger partial charge in [-0.1, -0.05) is 18.2 Å². The highest BCUT2D eigenvalue weighted by molar-refractivity contribution is 5.95. The molecule has 0 fully saturated rings. The zero-order valence-electron chi connectivity index (χ0n) is 17.7. The molecule has 3 aromatic rings. The fourth-order valence-corrected chi connectivity index (χ4v) is 3.11. The molecule has 0 bridgehead atoms. The Bertz CT molecular complexity index is 1280. The number of halogens is 7. The first-order chi connectivity index (χ1) is 16.2. The van der Waals surface area contributed by atoms with Gasteiger partial charge in [0.15, 0.2) is 6.04 Å².